The molecule has 5 aromatic rings. The number of anilines is 1. The Morgan fingerprint density at radius 2 is 1.78 bits per heavy atom. The van der Waals surface area contributed by atoms with Gasteiger partial charge in [-0.05, 0) is 94.4 Å². The van der Waals surface area contributed by atoms with E-state index in [-0.39, 0.29) is 11.0 Å². The highest BCUT2D eigenvalue weighted by Gasteiger charge is 2.19. The molecular weight excluding hydrogens is 554 g/mol. The number of benzene rings is 4. The summed E-state index contributed by atoms with van der Waals surface area (Å²) in [6.07, 6.45) is 0. The Morgan fingerprint density at radius 3 is 2.54 bits per heavy atom. The van der Waals surface area contributed by atoms with E-state index in [4.69, 9.17) is 21.7 Å². The normalized spacial score (nSPS) is 10.9. The minimum absolute atomic E-state index is 0.148. The largest absolute Gasteiger partial charge is 0.495 e. The SMILES string of the molecule is CCOc1ccc(-n2nc3ccc(NC(=S)NC(=O)c4cc5ccccc5c(Br)c4OC)cc3n2)cc1. The van der Waals surface area contributed by atoms with Crippen LogP contribution in [0.5, 0.6) is 11.5 Å². The molecule has 0 unspecified atom stereocenters. The molecule has 0 radical (unpaired) electrons. The van der Waals surface area contributed by atoms with Crippen LogP contribution in [-0.4, -0.2) is 39.7 Å². The average Bonchev–Trinajstić information content (AvgIpc) is 3.32. The van der Waals surface area contributed by atoms with Crippen molar-refractivity contribution in [1.29, 1.82) is 0 Å². The molecule has 186 valence electrons. The van der Waals surface area contributed by atoms with Gasteiger partial charge in [-0.25, -0.2) is 0 Å². The third-order valence-corrected chi connectivity index (χ3v) is 6.63. The highest BCUT2D eigenvalue weighted by molar-refractivity contribution is 9.10. The van der Waals surface area contributed by atoms with Crippen LogP contribution in [0, 0.1) is 0 Å². The fourth-order valence-corrected chi connectivity index (χ4v) is 4.88. The van der Waals surface area contributed by atoms with Gasteiger partial charge in [0.2, 0.25) is 0 Å². The fraction of sp³-hybridized carbons (Fsp3) is 0.111. The number of carbonyl (C=O) groups is 1. The lowest BCUT2D eigenvalue weighted by atomic mass is 10.1. The highest BCUT2D eigenvalue weighted by atomic mass is 79.9. The van der Waals surface area contributed by atoms with Gasteiger partial charge in [0.25, 0.3) is 5.91 Å². The molecule has 0 spiro atoms. The van der Waals surface area contributed by atoms with Crippen molar-refractivity contribution >= 4 is 66.7 Å². The molecule has 0 aliphatic rings. The summed E-state index contributed by atoms with van der Waals surface area (Å²) in [6, 6.07) is 22.5. The fourth-order valence-electron chi connectivity index (χ4n) is 3.94. The molecule has 0 aliphatic carbocycles. The van der Waals surface area contributed by atoms with Gasteiger partial charge < -0.3 is 14.8 Å². The van der Waals surface area contributed by atoms with Crippen LogP contribution < -0.4 is 20.1 Å². The summed E-state index contributed by atoms with van der Waals surface area (Å²) in [5.41, 5.74) is 3.25. The van der Waals surface area contributed by atoms with Gasteiger partial charge in [-0.3, -0.25) is 10.1 Å². The summed E-state index contributed by atoms with van der Waals surface area (Å²) in [7, 11) is 1.53. The summed E-state index contributed by atoms with van der Waals surface area (Å²) < 4.78 is 11.7. The molecule has 0 aliphatic heterocycles. The second kappa shape index (κ2) is 10.5. The van der Waals surface area contributed by atoms with Crippen LogP contribution in [0.4, 0.5) is 5.69 Å². The van der Waals surface area contributed by atoms with Crippen molar-refractivity contribution in [2.24, 2.45) is 0 Å². The second-order valence-corrected chi connectivity index (χ2v) is 9.22. The van der Waals surface area contributed by atoms with Gasteiger partial charge in [0.05, 0.1) is 29.4 Å². The van der Waals surface area contributed by atoms with E-state index in [1.807, 2.05) is 73.7 Å². The van der Waals surface area contributed by atoms with Crippen molar-refractivity contribution in [2.45, 2.75) is 6.92 Å². The molecule has 5 rings (SSSR count). The Bertz CT molecular complexity index is 1640. The zero-order chi connectivity index (χ0) is 25.9. The lowest BCUT2D eigenvalue weighted by Crippen LogP contribution is -2.34. The molecule has 0 fully saturated rings. The van der Waals surface area contributed by atoms with E-state index in [9.17, 15) is 4.79 Å². The quantitative estimate of drug-likeness (QED) is 0.245. The smallest absolute Gasteiger partial charge is 0.261 e. The zero-order valence-corrected chi connectivity index (χ0v) is 22.4. The summed E-state index contributed by atoms with van der Waals surface area (Å²) in [4.78, 5) is 14.6. The molecule has 4 aromatic carbocycles. The summed E-state index contributed by atoms with van der Waals surface area (Å²) in [5, 5.41) is 16.9. The molecule has 0 atom stereocenters. The van der Waals surface area contributed by atoms with Crippen LogP contribution in [0.15, 0.2) is 77.3 Å². The first-order valence-electron chi connectivity index (χ1n) is 11.4. The summed E-state index contributed by atoms with van der Waals surface area (Å²) in [6.45, 7) is 2.55. The zero-order valence-electron chi connectivity index (χ0n) is 20.0. The molecule has 0 saturated heterocycles. The lowest BCUT2D eigenvalue weighted by molar-refractivity contribution is 0.0975. The van der Waals surface area contributed by atoms with Crippen molar-refractivity contribution in [3.8, 4) is 17.2 Å². The monoisotopic (exact) mass is 575 g/mol. The number of thiocarbonyl (C=S) groups is 1. The Hall–Kier alpha value is -4.02. The highest BCUT2D eigenvalue weighted by Crippen LogP contribution is 2.36. The van der Waals surface area contributed by atoms with Gasteiger partial charge in [-0.2, -0.15) is 4.80 Å². The number of aromatic nitrogens is 3. The minimum Gasteiger partial charge on any atom is -0.495 e. The maximum Gasteiger partial charge on any atom is 0.261 e. The van der Waals surface area contributed by atoms with Gasteiger partial charge in [0.15, 0.2) is 5.11 Å². The molecule has 8 nitrogen and oxygen atoms in total. The molecule has 2 N–H and O–H groups in total. The lowest BCUT2D eigenvalue weighted by Gasteiger charge is -2.14. The van der Waals surface area contributed by atoms with E-state index in [1.54, 1.807) is 10.9 Å². The van der Waals surface area contributed by atoms with Crippen molar-refractivity contribution < 1.29 is 14.3 Å². The number of nitrogens with zero attached hydrogens (tertiary/aromatic N) is 3. The first-order valence-corrected chi connectivity index (χ1v) is 12.6. The Balaban J connectivity index is 1.32. The van der Waals surface area contributed by atoms with Gasteiger partial charge in [0.1, 0.15) is 22.5 Å². The Kier molecular flexibility index (Phi) is 7.02. The predicted octanol–water partition coefficient (Wildman–Crippen LogP) is 5.87. The molecular formula is C27H22BrN5O3S. The van der Waals surface area contributed by atoms with E-state index < -0.39 is 0 Å². The molecule has 1 amide bonds. The average molecular weight is 576 g/mol. The predicted molar refractivity (Wildman–Crippen MR) is 152 cm³/mol. The number of fused-ring (bicyclic) bond motifs is 2. The maximum absolute atomic E-state index is 13.1. The van der Waals surface area contributed by atoms with Gasteiger partial charge >= 0.3 is 0 Å². The van der Waals surface area contributed by atoms with Crippen LogP contribution >= 0.6 is 28.1 Å². The van der Waals surface area contributed by atoms with Gasteiger partial charge in [0, 0.05) is 5.69 Å². The maximum atomic E-state index is 13.1. The number of ether oxygens (including phenoxy) is 2. The third kappa shape index (κ3) is 5.11. The number of nitrogens with one attached hydrogen (secondary N) is 2. The Morgan fingerprint density at radius 1 is 1.03 bits per heavy atom. The molecule has 10 heteroatoms. The van der Waals surface area contributed by atoms with Crippen LogP contribution in [-0.2, 0) is 0 Å². The van der Waals surface area contributed by atoms with Crippen molar-refractivity contribution in [1.82, 2.24) is 20.3 Å². The number of hydrogen-bond donors (Lipinski definition) is 2. The summed E-state index contributed by atoms with van der Waals surface area (Å²) >= 11 is 8.97. The summed E-state index contributed by atoms with van der Waals surface area (Å²) in [5.74, 6) is 0.841. The van der Waals surface area contributed by atoms with Gasteiger partial charge in [-0.15, -0.1) is 10.2 Å². The third-order valence-electron chi connectivity index (χ3n) is 5.63. The van der Waals surface area contributed by atoms with Crippen LogP contribution in [0.2, 0.25) is 0 Å². The van der Waals surface area contributed by atoms with Crippen LogP contribution in [0.25, 0.3) is 27.5 Å². The van der Waals surface area contributed by atoms with Gasteiger partial charge in [-0.1, -0.05) is 24.3 Å². The second-order valence-electron chi connectivity index (χ2n) is 8.02. The standard InChI is InChI=1S/C27H22BrN5O3S/c1-3-36-19-11-9-18(10-12-19)33-31-22-13-8-17(15-23(22)32-33)29-27(37)30-26(34)21-14-16-6-4-5-7-20(16)24(28)25(21)35-2/h4-15H,3H2,1-2H3,(H2,29,30,34,37). The van der Waals surface area contributed by atoms with Crippen molar-refractivity contribution in [3.05, 3.63) is 82.8 Å². The van der Waals surface area contributed by atoms with E-state index in [0.29, 0.717) is 33.6 Å². The first kappa shape index (κ1) is 24.7. The number of halogens is 1. The topological polar surface area (TPSA) is 90.3 Å². The molecule has 1 aromatic heterocycles. The minimum atomic E-state index is -0.386. The van der Waals surface area contributed by atoms with E-state index in [2.05, 4.69) is 36.8 Å². The molecule has 1 heterocycles. The number of methoxy groups -OCH3 is 1. The van der Waals surface area contributed by atoms with E-state index in [0.717, 1.165) is 27.7 Å². The number of carbonyl (C=O) groups excluding carboxylic acids is 1. The van der Waals surface area contributed by atoms with Crippen molar-refractivity contribution in [3.63, 3.8) is 0 Å². The first-order chi connectivity index (χ1) is 18.0. The van der Waals surface area contributed by atoms with E-state index >= 15 is 0 Å². The Labute approximate surface area is 226 Å². The number of hydrogen-bond acceptors (Lipinski definition) is 6. The number of rotatable bonds is 6. The van der Waals surface area contributed by atoms with Crippen molar-refractivity contribution in [2.75, 3.05) is 19.0 Å². The van der Waals surface area contributed by atoms with Crippen LogP contribution in [0.1, 0.15) is 17.3 Å². The molecule has 0 bridgehead atoms. The number of amides is 1. The molecule has 0 saturated carbocycles. The molecule has 37 heavy (non-hydrogen) atoms. The van der Waals surface area contributed by atoms with Crippen LogP contribution in [0.3, 0.4) is 0 Å². The van der Waals surface area contributed by atoms with E-state index in [1.165, 1.54) is 7.11 Å².